The fourth-order valence-corrected chi connectivity index (χ4v) is 3.77. The molecule has 1 aromatic carbocycles. The number of nitrogens with one attached hydrogen (secondary N) is 1. The lowest BCUT2D eigenvalue weighted by atomic mass is 9.88. The van der Waals surface area contributed by atoms with Gasteiger partial charge in [-0.25, -0.2) is 13.1 Å². The van der Waals surface area contributed by atoms with Crippen molar-refractivity contribution in [3.05, 3.63) is 29.8 Å². The van der Waals surface area contributed by atoms with Crippen LogP contribution in [0.1, 0.15) is 43.0 Å². The van der Waals surface area contributed by atoms with Crippen LogP contribution in [0.3, 0.4) is 0 Å². The molecular weight excluding hydrogens is 276 g/mol. The molecule has 0 radical (unpaired) electrons. The van der Waals surface area contributed by atoms with Gasteiger partial charge in [0, 0.05) is 11.6 Å². The van der Waals surface area contributed by atoms with Crippen molar-refractivity contribution in [2.24, 2.45) is 11.7 Å². The van der Waals surface area contributed by atoms with Crippen LogP contribution in [-0.2, 0) is 10.0 Å². The smallest absolute Gasteiger partial charge is 0.248 e. The quantitative estimate of drug-likeness (QED) is 0.885. The van der Waals surface area contributed by atoms with Crippen molar-refractivity contribution in [1.82, 2.24) is 4.72 Å². The first-order valence-corrected chi connectivity index (χ1v) is 8.29. The monoisotopic (exact) mass is 296 g/mol. The van der Waals surface area contributed by atoms with Crippen LogP contribution in [0, 0.1) is 5.92 Å². The molecular formula is C14H20N2O3S. The fourth-order valence-electron chi connectivity index (χ4n) is 2.46. The number of hydrogen-bond acceptors (Lipinski definition) is 3. The molecule has 1 amide bonds. The summed E-state index contributed by atoms with van der Waals surface area (Å²) in [7, 11) is -3.52. The van der Waals surface area contributed by atoms with Gasteiger partial charge in [0.15, 0.2) is 0 Å². The second kappa shape index (κ2) is 5.93. The lowest BCUT2D eigenvalue weighted by Gasteiger charge is -2.26. The molecule has 0 aliphatic heterocycles. The summed E-state index contributed by atoms with van der Waals surface area (Å²) >= 11 is 0. The standard InChI is InChI=1S/C14H20N2O3S/c1-10-2-6-12(7-3-10)16-20(18,19)13-8-4-11(5-9-13)14(15)17/h4-5,8-10,12,16H,2-3,6-7H2,1H3,(H2,15,17). The van der Waals surface area contributed by atoms with Crippen molar-refractivity contribution >= 4 is 15.9 Å². The molecule has 6 heteroatoms. The van der Waals surface area contributed by atoms with Crippen molar-refractivity contribution in [2.75, 3.05) is 0 Å². The van der Waals surface area contributed by atoms with Crippen LogP contribution in [0.15, 0.2) is 29.2 Å². The van der Waals surface area contributed by atoms with Crippen LogP contribution in [0.4, 0.5) is 0 Å². The zero-order chi connectivity index (χ0) is 14.8. The molecule has 0 spiro atoms. The molecule has 1 fully saturated rings. The number of benzene rings is 1. The van der Waals surface area contributed by atoms with E-state index in [2.05, 4.69) is 11.6 Å². The summed E-state index contributed by atoms with van der Waals surface area (Å²) in [6, 6.07) is 5.69. The number of hydrogen-bond donors (Lipinski definition) is 2. The number of carbonyl (C=O) groups excluding carboxylic acids is 1. The van der Waals surface area contributed by atoms with Gasteiger partial charge in [-0.1, -0.05) is 6.92 Å². The maximum absolute atomic E-state index is 12.2. The summed E-state index contributed by atoms with van der Waals surface area (Å²) in [5.74, 6) is 0.105. The maximum Gasteiger partial charge on any atom is 0.248 e. The van der Waals surface area contributed by atoms with E-state index in [4.69, 9.17) is 5.73 Å². The molecule has 1 aromatic rings. The number of carbonyl (C=O) groups is 1. The Morgan fingerprint density at radius 2 is 1.70 bits per heavy atom. The topological polar surface area (TPSA) is 89.3 Å². The van der Waals surface area contributed by atoms with E-state index < -0.39 is 15.9 Å². The largest absolute Gasteiger partial charge is 0.366 e. The average molecular weight is 296 g/mol. The Kier molecular flexibility index (Phi) is 4.45. The first-order chi connectivity index (χ1) is 9.38. The van der Waals surface area contributed by atoms with E-state index in [-0.39, 0.29) is 10.9 Å². The molecule has 0 heterocycles. The van der Waals surface area contributed by atoms with Crippen molar-refractivity contribution in [1.29, 1.82) is 0 Å². The molecule has 1 aliphatic carbocycles. The minimum atomic E-state index is -3.52. The fraction of sp³-hybridized carbons (Fsp3) is 0.500. The normalized spacial score (nSPS) is 23.4. The second-order valence-electron chi connectivity index (χ2n) is 5.47. The van der Waals surface area contributed by atoms with Crippen LogP contribution in [0.2, 0.25) is 0 Å². The molecule has 0 unspecified atom stereocenters. The van der Waals surface area contributed by atoms with E-state index in [0.29, 0.717) is 11.5 Å². The van der Waals surface area contributed by atoms with Gasteiger partial charge in [0.05, 0.1) is 4.90 Å². The predicted molar refractivity (Wildman–Crippen MR) is 76.7 cm³/mol. The Morgan fingerprint density at radius 1 is 1.15 bits per heavy atom. The number of sulfonamides is 1. The van der Waals surface area contributed by atoms with E-state index in [1.807, 2.05) is 0 Å². The lowest BCUT2D eigenvalue weighted by Crippen LogP contribution is -2.37. The summed E-state index contributed by atoms with van der Waals surface area (Å²) in [5.41, 5.74) is 5.43. The van der Waals surface area contributed by atoms with Gasteiger partial charge in [0.2, 0.25) is 15.9 Å². The molecule has 0 aromatic heterocycles. The molecule has 0 atom stereocenters. The van der Waals surface area contributed by atoms with Crippen molar-refractivity contribution in [3.63, 3.8) is 0 Å². The second-order valence-corrected chi connectivity index (χ2v) is 7.18. The van der Waals surface area contributed by atoms with Crippen LogP contribution in [-0.4, -0.2) is 20.4 Å². The third kappa shape index (κ3) is 3.58. The highest BCUT2D eigenvalue weighted by molar-refractivity contribution is 7.89. The molecule has 110 valence electrons. The average Bonchev–Trinajstić information content (AvgIpc) is 2.41. The molecule has 1 aliphatic rings. The molecule has 5 nitrogen and oxygen atoms in total. The van der Waals surface area contributed by atoms with Gasteiger partial charge in [0.25, 0.3) is 0 Å². The SMILES string of the molecule is CC1CCC(NS(=O)(=O)c2ccc(C(N)=O)cc2)CC1. The van der Waals surface area contributed by atoms with Gasteiger partial charge in [0.1, 0.15) is 0 Å². The highest BCUT2D eigenvalue weighted by atomic mass is 32.2. The van der Waals surface area contributed by atoms with Crippen LogP contribution in [0.5, 0.6) is 0 Å². The van der Waals surface area contributed by atoms with Crippen molar-refractivity contribution in [3.8, 4) is 0 Å². The first-order valence-electron chi connectivity index (χ1n) is 6.80. The third-order valence-electron chi connectivity index (χ3n) is 3.79. The van der Waals surface area contributed by atoms with E-state index >= 15 is 0 Å². The zero-order valence-corrected chi connectivity index (χ0v) is 12.3. The van der Waals surface area contributed by atoms with Crippen LogP contribution < -0.4 is 10.5 Å². The lowest BCUT2D eigenvalue weighted by molar-refractivity contribution is 0.1000. The molecule has 0 bridgehead atoms. The molecule has 20 heavy (non-hydrogen) atoms. The Labute approximate surface area is 119 Å². The van der Waals surface area contributed by atoms with E-state index in [1.54, 1.807) is 0 Å². The number of amides is 1. The van der Waals surface area contributed by atoms with Crippen molar-refractivity contribution in [2.45, 2.75) is 43.5 Å². The highest BCUT2D eigenvalue weighted by Gasteiger charge is 2.24. The Morgan fingerprint density at radius 3 is 2.20 bits per heavy atom. The summed E-state index contributed by atoms with van der Waals surface area (Å²) in [5, 5.41) is 0. The molecule has 2 rings (SSSR count). The van der Waals surface area contributed by atoms with E-state index in [0.717, 1.165) is 25.7 Å². The number of nitrogens with two attached hydrogens (primary N) is 1. The van der Waals surface area contributed by atoms with Crippen LogP contribution in [0.25, 0.3) is 0 Å². The minimum absolute atomic E-state index is 0.00650. The van der Waals surface area contributed by atoms with Gasteiger partial charge in [-0.3, -0.25) is 4.79 Å². The van der Waals surface area contributed by atoms with Crippen molar-refractivity contribution < 1.29 is 13.2 Å². The molecule has 3 N–H and O–H groups in total. The van der Waals surface area contributed by atoms with Gasteiger partial charge >= 0.3 is 0 Å². The zero-order valence-electron chi connectivity index (χ0n) is 11.5. The first kappa shape index (κ1) is 15.0. The summed E-state index contributed by atoms with van der Waals surface area (Å²) in [6.45, 7) is 2.19. The van der Waals surface area contributed by atoms with E-state index in [9.17, 15) is 13.2 Å². The minimum Gasteiger partial charge on any atom is -0.366 e. The Balaban J connectivity index is 2.08. The number of rotatable bonds is 4. The molecule has 1 saturated carbocycles. The van der Waals surface area contributed by atoms with Gasteiger partial charge in [-0.15, -0.1) is 0 Å². The summed E-state index contributed by atoms with van der Waals surface area (Å²) < 4.78 is 27.2. The van der Waals surface area contributed by atoms with E-state index in [1.165, 1.54) is 24.3 Å². The summed E-state index contributed by atoms with van der Waals surface area (Å²) in [6.07, 6.45) is 3.85. The van der Waals surface area contributed by atoms with Crippen LogP contribution >= 0.6 is 0 Å². The number of primary amides is 1. The Bertz CT molecular complexity index is 573. The third-order valence-corrected chi connectivity index (χ3v) is 5.32. The van der Waals surface area contributed by atoms with Gasteiger partial charge in [-0.2, -0.15) is 0 Å². The highest BCUT2D eigenvalue weighted by Crippen LogP contribution is 2.24. The predicted octanol–water partition coefficient (Wildman–Crippen LogP) is 1.64. The van der Waals surface area contributed by atoms with Gasteiger partial charge in [-0.05, 0) is 55.9 Å². The van der Waals surface area contributed by atoms with Gasteiger partial charge < -0.3 is 5.73 Å². The summed E-state index contributed by atoms with van der Waals surface area (Å²) in [4.78, 5) is 11.1. The molecule has 0 saturated heterocycles. The maximum atomic E-state index is 12.2. The Hall–Kier alpha value is -1.40.